The third kappa shape index (κ3) is 5.01. The Morgan fingerprint density at radius 1 is 1.06 bits per heavy atom. The molecule has 0 aliphatic rings. The Morgan fingerprint density at radius 3 is 2.35 bits per heavy atom. The minimum atomic E-state index is -4.47. The Morgan fingerprint density at radius 2 is 1.74 bits per heavy atom. The second-order valence-electron chi connectivity index (χ2n) is 7.39. The van der Waals surface area contributed by atoms with Crippen molar-refractivity contribution in [1.82, 2.24) is 14.4 Å². The SMILES string of the molecule is O=C(O)Cc1c(Cl)nc(Cc2ccc(NC(=O)c3ccc(C(F)(F)F)cc3)cc2)n2ccnc12. The van der Waals surface area contributed by atoms with Crippen molar-refractivity contribution in [3.8, 4) is 0 Å². The molecule has 4 aromatic rings. The van der Waals surface area contributed by atoms with E-state index in [1.807, 2.05) is 0 Å². The largest absolute Gasteiger partial charge is 0.481 e. The van der Waals surface area contributed by atoms with Gasteiger partial charge in [-0.3, -0.25) is 14.0 Å². The van der Waals surface area contributed by atoms with E-state index in [-0.39, 0.29) is 17.1 Å². The van der Waals surface area contributed by atoms with Gasteiger partial charge in [0.25, 0.3) is 5.91 Å². The monoisotopic (exact) mass is 488 g/mol. The highest BCUT2D eigenvalue weighted by atomic mass is 35.5. The topological polar surface area (TPSA) is 96.6 Å². The highest BCUT2D eigenvalue weighted by Gasteiger charge is 2.30. The van der Waals surface area contributed by atoms with Gasteiger partial charge in [0.05, 0.1) is 12.0 Å². The molecule has 0 spiro atoms. The van der Waals surface area contributed by atoms with Crippen LogP contribution in [0.5, 0.6) is 0 Å². The number of alkyl halides is 3. The molecule has 0 aliphatic carbocycles. The average molecular weight is 489 g/mol. The molecular formula is C23H16ClF3N4O3. The fourth-order valence-corrected chi connectivity index (χ4v) is 3.64. The molecule has 7 nitrogen and oxygen atoms in total. The van der Waals surface area contributed by atoms with Gasteiger partial charge in [-0.2, -0.15) is 13.2 Å². The van der Waals surface area contributed by atoms with Crippen LogP contribution in [0.15, 0.2) is 60.9 Å². The molecule has 11 heteroatoms. The zero-order chi connectivity index (χ0) is 24.5. The van der Waals surface area contributed by atoms with Crippen molar-refractivity contribution in [3.63, 3.8) is 0 Å². The van der Waals surface area contributed by atoms with Crippen molar-refractivity contribution in [2.45, 2.75) is 19.0 Å². The summed E-state index contributed by atoms with van der Waals surface area (Å²) in [4.78, 5) is 32.0. The van der Waals surface area contributed by atoms with E-state index in [0.717, 1.165) is 29.8 Å². The van der Waals surface area contributed by atoms with Gasteiger partial charge in [0, 0.05) is 35.6 Å². The number of carboxylic acid groups (broad SMARTS) is 1. The number of aliphatic carboxylic acids is 1. The van der Waals surface area contributed by atoms with E-state index >= 15 is 0 Å². The van der Waals surface area contributed by atoms with Crippen molar-refractivity contribution in [1.29, 1.82) is 0 Å². The first-order valence-corrected chi connectivity index (χ1v) is 10.3. The van der Waals surface area contributed by atoms with Crippen LogP contribution >= 0.6 is 11.6 Å². The summed E-state index contributed by atoms with van der Waals surface area (Å²) in [5.74, 6) is -1.03. The van der Waals surface area contributed by atoms with Gasteiger partial charge >= 0.3 is 12.1 Å². The number of carbonyl (C=O) groups excluding carboxylic acids is 1. The molecule has 0 fully saturated rings. The van der Waals surface area contributed by atoms with Gasteiger partial charge < -0.3 is 10.4 Å². The number of nitrogens with zero attached hydrogens (tertiary/aromatic N) is 3. The van der Waals surface area contributed by atoms with E-state index < -0.39 is 23.6 Å². The smallest absolute Gasteiger partial charge is 0.416 e. The fraction of sp³-hybridized carbons (Fsp3) is 0.130. The number of anilines is 1. The molecule has 4 rings (SSSR count). The lowest BCUT2D eigenvalue weighted by Crippen LogP contribution is -2.13. The highest BCUT2D eigenvalue weighted by Crippen LogP contribution is 2.29. The van der Waals surface area contributed by atoms with Crippen LogP contribution in [-0.2, 0) is 23.8 Å². The van der Waals surface area contributed by atoms with Gasteiger partial charge in [0.1, 0.15) is 16.6 Å². The maximum Gasteiger partial charge on any atom is 0.416 e. The number of fused-ring (bicyclic) bond motifs is 1. The van der Waals surface area contributed by atoms with Crippen LogP contribution in [0.4, 0.5) is 18.9 Å². The molecule has 0 saturated carbocycles. The lowest BCUT2D eigenvalue weighted by atomic mass is 10.1. The van der Waals surface area contributed by atoms with Gasteiger partial charge in [-0.25, -0.2) is 9.97 Å². The summed E-state index contributed by atoms with van der Waals surface area (Å²) in [6.45, 7) is 0. The molecule has 2 aromatic carbocycles. The molecule has 34 heavy (non-hydrogen) atoms. The first kappa shape index (κ1) is 23.2. The molecule has 2 N–H and O–H groups in total. The molecule has 0 atom stereocenters. The zero-order valence-corrected chi connectivity index (χ0v) is 18.1. The Hall–Kier alpha value is -3.92. The van der Waals surface area contributed by atoms with E-state index in [1.54, 1.807) is 34.9 Å². The number of carbonyl (C=O) groups is 2. The lowest BCUT2D eigenvalue weighted by molar-refractivity contribution is -0.138. The molecule has 2 aromatic heterocycles. The Balaban J connectivity index is 1.48. The van der Waals surface area contributed by atoms with E-state index in [4.69, 9.17) is 16.7 Å². The highest BCUT2D eigenvalue weighted by molar-refractivity contribution is 6.30. The van der Waals surface area contributed by atoms with Crippen LogP contribution in [0.3, 0.4) is 0 Å². The Bertz CT molecular complexity index is 1370. The molecule has 0 saturated heterocycles. The van der Waals surface area contributed by atoms with Gasteiger partial charge in [-0.05, 0) is 42.0 Å². The molecular weight excluding hydrogens is 473 g/mol. The standard InChI is InChI=1S/C23H16ClF3N4O3/c24-20-17(12-19(32)33)21-28-9-10-31(21)18(30-20)11-13-1-7-16(8-2-13)29-22(34)14-3-5-15(6-4-14)23(25,26)27/h1-10H,11-12H2,(H,29,34)(H,32,33). The fourth-order valence-electron chi connectivity index (χ4n) is 3.39. The van der Waals surface area contributed by atoms with Gasteiger partial charge in [-0.1, -0.05) is 23.7 Å². The third-order valence-electron chi connectivity index (χ3n) is 5.04. The van der Waals surface area contributed by atoms with E-state index in [2.05, 4.69) is 15.3 Å². The van der Waals surface area contributed by atoms with E-state index in [0.29, 0.717) is 29.1 Å². The van der Waals surface area contributed by atoms with Crippen LogP contribution in [0.2, 0.25) is 5.15 Å². The maximum atomic E-state index is 12.7. The Labute approximate surface area is 195 Å². The minimum Gasteiger partial charge on any atom is -0.481 e. The average Bonchev–Trinajstić information content (AvgIpc) is 3.27. The van der Waals surface area contributed by atoms with Crippen LogP contribution in [0, 0.1) is 0 Å². The van der Waals surface area contributed by atoms with Crippen LogP contribution in [0.25, 0.3) is 5.65 Å². The molecule has 0 unspecified atom stereocenters. The number of aromatic nitrogens is 3. The summed E-state index contributed by atoms with van der Waals surface area (Å²) in [6.07, 6.45) is -1.23. The first-order valence-electron chi connectivity index (χ1n) is 9.91. The molecule has 0 radical (unpaired) electrons. The second-order valence-corrected chi connectivity index (χ2v) is 7.75. The van der Waals surface area contributed by atoms with Gasteiger partial charge in [0.15, 0.2) is 0 Å². The van der Waals surface area contributed by atoms with Crippen LogP contribution < -0.4 is 5.32 Å². The number of carboxylic acids is 1. The number of nitrogens with one attached hydrogen (secondary N) is 1. The van der Waals surface area contributed by atoms with Crippen molar-refractivity contribution in [2.24, 2.45) is 0 Å². The number of halogens is 4. The van der Waals surface area contributed by atoms with Gasteiger partial charge in [-0.15, -0.1) is 0 Å². The van der Waals surface area contributed by atoms with E-state index in [1.165, 1.54) is 6.20 Å². The zero-order valence-electron chi connectivity index (χ0n) is 17.3. The van der Waals surface area contributed by atoms with Crippen molar-refractivity contribution >= 4 is 34.8 Å². The molecule has 0 aliphatic heterocycles. The summed E-state index contributed by atoms with van der Waals surface area (Å²) < 4.78 is 39.7. The number of amides is 1. The first-order chi connectivity index (χ1) is 16.1. The second kappa shape index (κ2) is 9.14. The predicted octanol–water partition coefficient (Wildman–Crippen LogP) is 4.87. The van der Waals surface area contributed by atoms with Gasteiger partial charge in [0.2, 0.25) is 0 Å². The van der Waals surface area contributed by atoms with Crippen molar-refractivity contribution in [2.75, 3.05) is 5.32 Å². The summed E-state index contributed by atoms with van der Waals surface area (Å²) in [6, 6.07) is 10.8. The summed E-state index contributed by atoms with van der Waals surface area (Å²) in [7, 11) is 0. The molecule has 2 heterocycles. The molecule has 174 valence electrons. The quantitative estimate of drug-likeness (QED) is 0.377. The summed E-state index contributed by atoms with van der Waals surface area (Å²) in [5.41, 5.74) is 1.30. The molecule has 1 amide bonds. The normalized spacial score (nSPS) is 11.5. The number of benzene rings is 2. The third-order valence-corrected chi connectivity index (χ3v) is 5.35. The lowest BCUT2D eigenvalue weighted by Gasteiger charge is -2.11. The number of imidazole rings is 1. The number of rotatable bonds is 6. The predicted molar refractivity (Wildman–Crippen MR) is 118 cm³/mol. The number of hydrogen-bond acceptors (Lipinski definition) is 4. The Kier molecular flexibility index (Phi) is 6.25. The van der Waals surface area contributed by atoms with Crippen molar-refractivity contribution in [3.05, 3.63) is 94.2 Å². The van der Waals surface area contributed by atoms with Crippen molar-refractivity contribution < 1.29 is 27.9 Å². The number of hydrogen-bond donors (Lipinski definition) is 2. The van der Waals surface area contributed by atoms with E-state index in [9.17, 15) is 22.8 Å². The van der Waals surface area contributed by atoms with Crippen LogP contribution in [-0.4, -0.2) is 31.4 Å². The minimum absolute atomic E-state index is 0.0662. The maximum absolute atomic E-state index is 12.7. The molecule has 0 bridgehead atoms. The summed E-state index contributed by atoms with van der Waals surface area (Å²) in [5, 5.41) is 11.8. The summed E-state index contributed by atoms with van der Waals surface area (Å²) >= 11 is 6.21. The van der Waals surface area contributed by atoms with Crippen LogP contribution in [0.1, 0.15) is 32.9 Å².